The highest BCUT2D eigenvalue weighted by Crippen LogP contribution is 2.25. The Morgan fingerprint density at radius 1 is 1.00 bits per heavy atom. The van der Waals surface area contributed by atoms with Crippen LogP contribution < -0.4 is 5.56 Å². The molecule has 0 spiro atoms. The molecule has 118 valence electrons. The van der Waals surface area contributed by atoms with Gasteiger partial charge in [-0.25, -0.2) is 9.50 Å². The molecule has 0 amide bonds. The summed E-state index contributed by atoms with van der Waals surface area (Å²) in [6.07, 6.45) is 1.70. The van der Waals surface area contributed by atoms with E-state index < -0.39 is 0 Å². The molecule has 0 radical (unpaired) electrons. The van der Waals surface area contributed by atoms with E-state index in [0.29, 0.717) is 17.0 Å². The maximum atomic E-state index is 12.5. The van der Waals surface area contributed by atoms with Crippen molar-refractivity contribution in [2.75, 3.05) is 0 Å². The fourth-order valence-electron chi connectivity index (χ4n) is 2.88. The van der Waals surface area contributed by atoms with E-state index in [4.69, 9.17) is 0 Å². The lowest BCUT2D eigenvalue weighted by atomic mass is 10.1. The monoisotopic (exact) mass is 316 g/mol. The molecule has 0 saturated carbocycles. The molecule has 0 aliphatic rings. The first kappa shape index (κ1) is 14.4. The first-order chi connectivity index (χ1) is 11.6. The molecule has 0 bridgehead atoms. The van der Waals surface area contributed by atoms with Crippen LogP contribution in [0.1, 0.15) is 11.1 Å². The molecule has 5 nitrogen and oxygen atoms in total. The van der Waals surface area contributed by atoms with E-state index in [9.17, 15) is 4.79 Å². The summed E-state index contributed by atoms with van der Waals surface area (Å²) < 4.78 is 1.49. The van der Waals surface area contributed by atoms with Crippen molar-refractivity contribution >= 4 is 5.65 Å². The van der Waals surface area contributed by atoms with Crippen LogP contribution in [0.3, 0.4) is 0 Å². The molecule has 0 atom stereocenters. The quantitative estimate of drug-likeness (QED) is 0.617. The predicted octanol–water partition coefficient (Wildman–Crippen LogP) is 3.37. The lowest BCUT2D eigenvalue weighted by Crippen LogP contribution is -2.14. The van der Waals surface area contributed by atoms with Crippen molar-refractivity contribution in [3.05, 3.63) is 76.2 Å². The minimum atomic E-state index is -0.150. The van der Waals surface area contributed by atoms with Crippen LogP contribution in [0.5, 0.6) is 0 Å². The third kappa shape index (κ3) is 2.31. The predicted molar refractivity (Wildman–Crippen MR) is 94.0 cm³/mol. The van der Waals surface area contributed by atoms with Crippen molar-refractivity contribution < 1.29 is 0 Å². The maximum Gasteiger partial charge on any atom is 0.273 e. The van der Waals surface area contributed by atoms with Gasteiger partial charge in [-0.3, -0.25) is 14.9 Å². The van der Waals surface area contributed by atoms with Crippen molar-refractivity contribution in [3.63, 3.8) is 0 Å². The van der Waals surface area contributed by atoms with E-state index in [0.717, 1.165) is 16.8 Å². The number of rotatable bonds is 2. The number of hydrogen-bond acceptors (Lipinski definition) is 3. The summed E-state index contributed by atoms with van der Waals surface area (Å²) >= 11 is 0. The van der Waals surface area contributed by atoms with Crippen LogP contribution in [-0.4, -0.2) is 19.6 Å². The van der Waals surface area contributed by atoms with Crippen LogP contribution in [0.25, 0.3) is 28.3 Å². The van der Waals surface area contributed by atoms with Gasteiger partial charge in [-0.05, 0) is 32.0 Å². The highest BCUT2D eigenvalue weighted by atomic mass is 16.1. The number of hydrogen-bond donors (Lipinski definition) is 1. The van der Waals surface area contributed by atoms with Crippen molar-refractivity contribution in [2.24, 2.45) is 0 Å². The Labute approximate surface area is 138 Å². The van der Waals surface area contributed by atoms with Crippen molar-refractivity contribution in [1.82, 2.24) is 19.6 Å². The Bertz CT molecular complexity index is 1090. The summed E-state index contributed by atoms with van der Waals surface area (Å²) in [5.74, 6) is 0. The Morgan fingerprint density at radius 2 is 1.88 bits per heavy atom. The molecule has 4 aromatic rings. The molecule has 0 fully saturated rings. The van der Waals surface area contributed by atoms with Gasteiger partial charge in [0, 0.05) is 23.4 Å². The fraction of sp³-hybridized carbons (Fsp3) is 0.105. The van der Waals surface area contributed by atoms with Gasteiger partial charge in [0.05, 0.1) is 17.1 Å². The van der Waals surface area contributed by atoms with Gasteiger partial charge in [0.25, 0.3) is 5.56 Å². The summed E-state index contributed by atoms with van der Waals surface area (Å²) in [5, 5.41) is 3.18. The molecule has 5 heteroatoms. The number of aromatic nitrogens is 4. The molecular weight excluding hydrogens is 300 g/mol. The summed E-state index contributed by atoms with van der Waals surface area (Å²) in [6.45, 7) is 4.02. The van der Waals surface area contributed by atoms with Crippen LogP contribution in [0, 0.1) is 13.8 Å². The molecule has 24 heavy (non-hydrogen) atoms. The SMILES string of the molecule is Cc1cccc(-c2[nH]n3c(=O)cc(-c4ccccn4)nc3c2C)c1. The molecule has 0 unspecified atom stereocenters. The van der Waals surface area contributed by atoms with Gasteiger partial charge in [-0.2, -0.15) is 0 Å². The third-order valence-electron chi connectivity index (χ3n) is 4.09. The Kier molecular flexibility index (Phi) is 3.27. The second-order valence-electron chi connectivity index (χ2n) is 5.83. The molecule has 1 aromatic carbocycles. The number of benzene rings is 1. The van der Waals surface area contributed by atoms with Gasteiger partial charge < -0.3 is 0 Å². The minimum Gasteiger partial charge on any atom is -0.289 e. The van der Waals surface area contributed by atoms with E-state index in [2.05, 4.69) is 21.1 Å². The van der Waals surface area contributed by atoms with Gasteiger partial charge >= 0.3 is 0 Å². The normalized spacial score (nSPS) is 11.1. The standard InChI is InChI=1S/C19H16N4O/c1-12-6-5-7-14(10-12)18-13(2)19-21-16(11-17(24)23(19)22-18)15-8-3-4-9-20-15/h3-11,22H,1-2H3. The smallest absolute Gasteiger partial charge is 0.273 e. The molecular formula is C19H16N4O. The molecule has 3 heterocycles. The van der Waals surface area contributed by atoms with E-state index in [-0.39, 0.29) is 5.56 Å². The highest BCUT2D eigenvalue weighted by molar-refractivity contribution is 5.71. The Balaban J connectivity index is 1.96. The van der Waals surface area contributed by atoms with Gasteiger partial charge in [0.2, 0.25) is 0 Å². The van der Waals surface area contributed by atoms with E-state index in [1.54, 1.807) is 6.20 Å². The Morgan fingerprint density at radius 3 is 2.62 bits per heavy atom. The first-order valence-corrected chi connectivity index (χ1v) is 7.74. The zero-order chi connectivity index (χ0) is 16.7. The number of nitrogens with one attached hydrogen (secondary N) is 1. The minimum absolute atomic E-state index is 0.150. The maximum absolute atomic E-state index is 12.5. The molecule has 0 saturated heterocycles. The number of pyridine rings is 1. The summed E-state index contributed by atoms with van der Waals surface area (Å²) in [7, 11) is 0. The van der Waals surface area contributed by atoms with Crippen molar-refractivity contribution in [2.45, 2.75) is 13.8 Å². The van der Waals surface area contributed by atoms with E-state index in [1.165, 1.54) is 16.1 Å². The van der Waals surface area contributed by atoms with Crippen molar-refractivity contribution in [3.8, 4) is 22.6 Å². The average Bonchev–Trinajstić information content (AvgIpc) is 2.93. The lowest BCUT2D eigenvalue weighted by Gasteiger charge is -2.00. The van der Waals surface area contributed by atoms with Gasteiger partial charge in [-0.1, -0.05) is 29.8 Å². The number of fused-ring (bicyclic) bond motifs is 1. The highest BCUT2D eigenvalue weighted by Gasteiger charge is 2.14. The molecule has 0 aliphatic carbocycles. The second kappa shape index (κ2) is 5.45. The first-order valence-electron chi connectivity index (χ1n) is 7.74. The zero-order valence-electron chi connectivity index (χ0n) is 13.4. The van der Waals surface area contributed by atoms with Gasteiger partial charge in [-0.15, -0.1) is 0 Å². The van der Waals surface area contributed by atoms with Crippen LogP contribution in [0.4, 0.5) is 0 Å². The number of aryl methyl sites for hydroxylation is 2. The number of nitrogens with zero attached hydrogens (tertiary/aromatic N) is 3. The molecule has 3 aromatic heterocycles. The molecule has 1 N–H and O–H groups in total. The van der Waals surface area contributed by atoms with Gasteiger partial charge in [0.1, 0.15) is 0 Å². The lowest BCUT2D eigenvalue weighted by molar-refractivity contribution is 0.903. The van der Waals surface area contributed by atoms with E-state index in [1.807, 2.05) is 50.2 Å². The van der Waals surface area contributed by atoms with Crippen molar-refractivity contribution in [1.29, 1.82) is 0 Å². The van der Waals surface area contributed by atoms with E-state index >= 15 is 0 Å². The summed E-state index contributed by atoms with van der Waals surface area (Å²) in [5.41, 5.74) is 5.80. The Hall–Kier alpha value is -3.21. The summed E-state index contributed by atoms with van der Waals surface area (Å²) in [6, 6.07) is 15.2. The zero-order valence-corrected chi connectivity index (χ0v) is 13.4. The van der Waals surface area contributed by atoms with Crippen LogP contribution >= 0.6 is 0 Å². The molecule has 0 aliphatic heterocycles. The summed E-state index contributed by atoms with van der Waals surface area (Å²) in [4.78, 5) is 21.4. The largest absolute Gasteiger partial charge is 0.289 e. The molecule has 4 rings (SSSR count). The van der Waals surface area contributed by atoms with Crippen LogP contribution in [-0.2, 0) is 0 Å². The van der Waals surface area contributed by atoms with Crippen LogP contribution in [0.15, 0.2) is 59.5 Å². The average molecular weight is 316 g/mol. The third-order valence-corrected chi connectivity index (χ3v) is 4.09. The number of H-pyrrole nitrogens is 1. The van der Waals surface area contributed by atoms with Gasteiger partial charge in [0.15, 0.2) is 5.65 Å². The van der Waals surface area contributed by atoms with Crippen LogP contribution in [0.2, 0.25) is 0 Å². The number of aromatic amines is 1. The fourth-order valence-corrected chi connectivity index (χ4v) is 2.88. The topological polar surface area (TPSA) is 63.0 Å². The second-order valence-corrected chi connectivity index (χ2v) is 5.83.